The van der Waals surface area contributed by atoms with E-state index in [-0.39, 0.29) is 5.91 Å². The van der Waals surface area contributed by atoms with Gasteiger partial charge in [-0.3, -0.25) is 4.79 Å². The predicted molar refractivity (Wildman–Crippen MR) is 78.4 cm³/mol. The lowest BCUT2D eigenvalue weighted by Gasteiger charge is -2.17. The Labute approximate surface area is 117 Å². The zero-order chi connectivity index (χ0) is 14.5. The molecule has 2 aromatic rings. The molecule has 104 valence electrons. The highest BCUT2D eigenvalue weighted by Gasteiger charge is 2.13. The molecule has 1 aromatic heterocycles. The van der Waals surface area contributed by atoms with Gasteiger partial charge in [-0.1, -0.05) is 0 Å². The SMILES string of the molecule is CN(C)c1ccc(N)cc1C(=O)NCc1cccnn1. The molecule has 1 aromatic carbocycles. The molecule has 2 rings (SSSR count). The number of nitrogens with one attached hydrogen (secondary N) is 1. The van der Waals surface area contributed by atoms with Gasteiger partial charge in [0.05, 0.1) is 17.8 Å². The molecule has 0 radical (unpaired) electrons. The fourth-order valence-electron chi connectivity index (χ4n) is 1.82. The van der Waals surface area contributed by atoms with Crippen molar-refractivity contribution in [3.05, 3.63) is 47.8 Å². The third-order valence-corrected chi connectivity index (χ3v) is 2.80. The lowest BCUT2D eigenvalue weighted by molar-refractivity contribution is 0.0951. The lowest BCUT2D eigenvalue weighted by atomic mass is 10.1. The van der Waals surface area contributed by atoms with Crippen molar-refractivity contribution in [3.63, 3.8) is 0 Å². The lowest BCUT2D eigenvalue weighted by Crippen LogP contribution is -2.26. The average Bonchev–Trinajstić information content (AvgIpc) is 2.45. The molecule has 1 amide bonds. The van der Waals surface area contributed by atoms with Crippen LogP contribution in [0.4, 0.5) is 11.4 Å². The smallest absolute Gasteiger partial charge is 0.253 e. The van der Waals surface area contributed by atoms with Gasteiger partial charge in [0.2, 0.25) is 0 Å². The number of nitrogen functional groups attached to an aromatic ring is 1. The topological polar surface area (TPSA) is 84.1 Å². The number of nitrogens with zero attached hydrogens (tertiary/aromatic N) is 3. The quantitative estimate of drug-likeness (QED) is 0.812. The number of benzene rings is 1. The zero-order valence-electron chi connectivity index (χ0n) is 11.5. The molecule has 0 aliphatic rings. The van der Waals surface area contributed by atoms with Crippen molar-refractivity contribution in [1.82, 2.24) is 15.5 Å². The number of hydrogen-bond donors (Lipinski definition) is 2. The summed E-state index contributed by atoms with van der Waals surface area (Å²) in [4.78, 5) is 14.1. The molecule has 0 saturated carbocycles. The summed E-state index contributed by atoms with van der Waals surface area (Å²) in [5, 5.41) is 10.5. The summed E-state index contributed by atoms with van der Waals surface area (Å²) in [7, 11) is 3.76. The first-order chi connectivity index (χ1) is 9.58. The minimum Gasteiger partial charge on any atom is -0.399 e. The Bertz CT molecular complexity index is 598. The van der Waals surface area contributed by atoms with E-state index in [9.17, 15) is 4.79 Å². The van der Waals surface area contributed by atoms with E-state index in [1.54, 1.807) is 30.5 Å². The first-order valence-electron chi connectivity index (χ1n) is 6.19. The van der Waals surface area contributed by atoms with E-state index in [4.69, 9.17) is 5.73 Å². The van der Waals surface area contributed by atoms with Gasteiger partial charge in [0, 0.05) is 31.7 Å². The molecule has 1 heterocycles. The Hall–Kier alpha value is -2.63. The number of anilines is 2. The van der Waals surface area contributed by atoms with Crippen molar-refractivity contribution in [1.29, 1.82) is 0 Å². The highest BCUT2D eigenvalue weighted by molar-refractivity contribution is 6.00. The number of carbonyl (C=O) groups excluding carboxylic acids is 1. The number of aromatic nitrogens is 2. The molecule has 20 heavy (non-hydrogen) atoms. The van der Waals surface area contributed by atoms with Gasteiger partial charge in [-0.25, -0.2) is 0 Å². The van der Waals surface area contributed by atoms with Crippen molar-refractivity contribution in [3.8, 4) is 0 Å². The normalized spacial score (nSPS) is 10.1. The largest absolute Gasteiger partial charge is 0.399 e. The third-order valence-electron chi connectivity index (χ3n) is 2.80. The van der Waals surface area contributed by atoms with E-state index in [1.807, 2.05) is 25.1 Å². The number of carbonyl (C=O) groups is 1. The molecule has 0 bridgehead atoms. The second kappa shape index (κ2) is 6.01. The maximum absolute atomic E-state index is 12.3. The first-order valence-corrected chi connectivity index (χ1v) is 6.19. The maximum Gasteiger partial charge on any atom is 0.253 e. The standard InChI is InChI=1S/C14H17N5O/c1-19(2)13-6-5-10(15)8-12(13)14(20)16-9-11-4-3-7-17-18-11/h3-8H,9,15H2,1-2H3,(H,16,20). The first kappa shape index (κ1) is 13.8. The fourth-order valence-corrected chi connectivity index (χ4v) is 1.82. The van der Waals surface area contributed by atoms with Gasteiger partial charge in [-0.15, -0.1) is 0 Å². The molecule has 0 atom stereocenters. The van der Waals surface area contributed by atoms with E-state index < -0.39 is 0 Å². The number of rotatable bonds is 4. The van der Waals surface area contributed by atoms with Crippen molar-refractivity contribution in [2.45, 2.75) is 6.54 Å². The molecule has 0 saturated heterocycles. The summed E-state index contributed by atoms with van der Waals surface area (Å²) < 4.78 is 0. The van der Waals surface area contributed by atoms with Gasteiger partial charge in [0.1, 0.15) is 0 Å². The molecule has 0 unspecified atom stereocenters. The highest BCUT2D eigenvalue weighted by atomic mass is 16.1. The Morgan fingerprint density at radius 2 is 2.15 bits per heavy atom. The summed E-state index contributed by atoms with van der Waals surface area (Å²) in [6.07, 6.45) is 1.59. The summed E-state index contributed by atoms with van der Waals surface area (Å²) >= 11 is 0. The van der Waals surface area contributed by atoms with Crippen LogP contribution in [0.3, 0.4) is 0 Å². The summed E-state index contributed by atoms with van der Waals surface area (Å²) in [5.74, 6) is -0.188. The van der Waals surface area contributed by atoms with Crippen LogP contribution in [0.1, 0.15) is 16.1 Å². The zero-order valence-corrected chi connectivity index (χ0v) is 11.5. The summed E-state index contributed by atoms with van der Waals surface area (Å²) in [5.41, 5.74) is 8.37. The molecular weight excluding hydrogens is 254 g/mol. The predicted octanol–water partition coefficient (Wildman–Crippen LogP) is 1.05. The van der Waals surface area contributed by atoms with Gasteiger partial charge < -0.3 is 16.0 Å². The Morgan fingerprint density at radius 1 is 1.35 bits per heavy atom. The van der Waals surface area contributed by atoms with Crippen LogP contribution in [-0.2, 0) is 6.54 Å². The summed E-state index contributed by atoms with van der Waals surface area (Å²) in [6.45, 7) is 0.328. The number of hydrogen-bond acceptors (Lipinski definition) is 5. The maximum atomic E-state index is 12.3. The van der Waals surface area contributed by atoms with Crippen LogP contribution in [0, 0.1) is 0 Å². The molecular formula is C14H17N5O. The van der Waals surface area contributed by atoms with Crippen molar-refractivity contribution in [2.75, 3.05) is 24.7 Å². The van der Waals surface area contributed by atoms with E-state index in [0.29, 0.717) is 23.5 Å². The van der Waals surface area contributed by atoms with Crippen molar-refractivity contribution >= 4 is 17.3 Å². The number of nitrogens with two attached hydrogens (primary N) is 1. The van der Waals surface area contributed by atoms with Gasteiger partial charge in [0.25, 0.3) is 5.91 Å². The molecule has 6 nitrogen and oxygen atoms in total. The second-order valence-electron chi connectivity index (χ2n) is 4.57. The van der Waals surface area contributed by atoms with Crippen LogP contribution in [0.2, 0.25) is 0 Å². The fraction of sp³-hybridized carbons (Fsp3) is 0.214. The molecule has 0 aliphatic carbocycles. The van der Waals surface area contributed by atoms with Gasteiger partial charge >= 0.3 is 0 Å². The minimum absolute atomic E-state index is 0.188. The van der Waals surface area contributed by atoms with Crippen LogP contribution in [0.15, 0.2) is 36.5 Å². The molecule has 0 aliphatic heterocycles. The Kier molecular flexibility index (Phi) is 4.14. The van der Waals surface area contributed by atoms with Crippen LogP contribution in [0.5, 0.6) is 0 Å². The molecule has 0 fully saturated rings. The van der Waals surface area contributed by atoms with Crippen molar-refractivity contribution in [2.24, 2.45) is 0 Å². The second-order valence-corrected chi connectivity index (χ2v) is 4.57. The third kappa shape index (κ3) is 3.23. The Balaban J connectivity index is 2.15. The van der Waals surface area contributed by atoms with E-state index in [0.717, 1.165) is 5.69 Å². The van der Waals surface area contributed by atoms with E-state index >= 15 is 0 Å². The average molecular weight is 271 g/mol. The molecule has 3 N–H and O–H groups in total. The van der Waals surface area contributed by atoms with Gasteiger partial charge in [0.15, 0.2) is 0 Å². The van der Waals surface area contributed by atoms with Crippen LogP contribution >= 0.6 is 0 Å². The van der Waals surface area contributed by atoms with E-state index in [2.05, 4.69) is 15.5 Å². The van der Waals surface area contributed by atoms with Crippen LogP contribution in [0.25, 0.3) is 0 Å². The minimum atomic E-state index is -0.188. The Morgan fingerprint density at radius 3 is 2.80 bits per heavy atom. The number of amides is 1. The highest BCUT2D eigenvalue weighted by Crippen LogP contribution is 2.21. The summed E-state index contributed by atoms with van der Waals surface area (Å²) in [6, 6.07) is 8.85. The van der Waals surface area contributed by atoms with Gasteiger partial charge in [-0.2, -0.15) is 10.2 Å². The van der Waals surface area contributed by atoms with Crippen molar-refractivity contribution < 1.29 is 4.79 Å². The molecule has 6 heteroatoms. The van der Waals surface area contributed by atoms with E-state index in [1.165, 1.54) is 0 Å². The monoisotopic (exact) mass is 271 g/mol. The van der Waals surface area contributed by atoms with Crippen LogP contribution < -0.4 is 16.0 Å². The van der Waals surface area contributed by atoms with Crippen LogP contribution in [-0.4, -0.2) is 30.2 Å². The van der Waals surface area contributed by atoms with Gasteiger partial charge in [-0.05, 0) is 30.3 Å². The molecule has 0 spiro atoms.